The van der Waals surface area contributed by atoms with Gasteiger partial charge in [-0.25, -0.2) is 0 Å². The quantitative estimate of drug-likeness (QED) is 0.636. The van der Waals surface area contributed by atoms with Gasteiger partial charge >= 0.3 is 0 Å². The minimum Gasteiger partial charge on any atom is -0.497 e. The Bertz CT molecular complexity index is 1060. The molecule has 2 fully saturated rings. The van der Waals surface area contributed by atoms with Crippen LogP contribution in [0, 0.1) is 6.92 Å². The predicted molar refractivity (Wildman–Crippen MR) is 124 cm³/mol. The maximum atomic E-state index is 11.4. The monoisotopic (exact) mass is 436 g/mol. The molecule has 6 nitrogen and oxygen atoms in total. The van der Waals surface area contributed by atoms with Crippen molar-refractivity contribution in [2.75, 3.05) is 40.0 Å². The number of hydrogen-bond donors (Lipinski definition) is 1. The lowest BCUT2D eigenvalue weighted by atomic mass is 10.0. The summed E-state index contributed by atoms with van der Waals surface area (Å²) in [4.78, 5) is 2.32. The summed E-state index contributed by atoms with van der Waals surface area (Å²) in [7, 11) is 1.68. The Hall–Kier alpha value is -2.38. The number of aromatic nitrogens is 1. The van der Waals surface area contributed by atoms with Crippen LogP contribution in [0.3, 0.4) is 0 Å². The molecule has 3 heterocycles. The maximum absolute atomic E-state index is 11.4. The standard InChI is InChI=1S/C26H32N2O4/c1-19-25(24(29)18-27-12-10-26(11-13-27)31-14-15-32-26)22-16-21(30-2)8-9-23(22)28(19)17-20-6-4-3-5-7-20/h3-9,16,24,29H,10-15,17-18H2,1-2H3/t24-/m1/s1. The fraction of sp³-hybridized carbons (Fsp3) is 0.462. The number of rotatable bonds is 6. The first-order valence-corrected chi connectivity index (χ1v) is 11.5. The van der Waals surface area contributed by atoms with E-state index in [1.165, 1.54) is 5.56 Å². The number of benzene rings is 2. The molecule has 2 saturated heterocycles. The second-order valence-corrected chi connectivity index (χ2v) is 8.88. The lowest BCUT2D eigenvalue weighted by molar-refractivity contribution is -0.186. The average Bonchev–Trinajstić information content (AvgIpc) is 3.38. The summed E-state index contributed by atoms with van der Waals surface area (Å²) in [6, 6.07) is 16.6. The van der Waals surface area contributed by atoms with E-state index < -0.39 is 11.9 Å². The van der Waals surface area contributed by atoms with E-state index >= 15 is 0 Å². The zero-order valence-corrected chi connectivity index (χ0v) is 18.9. The lowest BCUT2D eigenvalue weighted by Gasteiger charge is -2.38. The number of likely N-dealkylation sites (tertiary alicyclic amines) is 1. The van der Waals surface area contributed by atoms with E-state index in [1.54, 1.807) is 7.11 Å². The molecule has 0 saturated carbocycles. The molecule has 3 aromatic rings. The molecule has 0 bridgehead atoms. The molecule has 0 unspecified atom stereocenters. The van der Waals surface area contributed by atoms with E-state index in [-0.39, 0.29) is 0 Å². The van der Waals surface area contributed by atoms with Crippen LogP contribution in [0.5, 0.6) is 5.75 Å². The van der Waals surface area contributed by atoms with Gasteiger partial charge in [-0.2, -0.15) is 0 Å². The second kappa shape index (κ2) is 8.87. The van der Waals surface area contributed by atoms with Crippen molar-refractivity contribution in [3.05, 3.63) is 65.4 Å². The molecule has 32 heavy (non-hydrogen) atoms. The van der Waals surface area contributed by atoms with Gasteiger partial charge < -0.3 is 28.8 Å². The van der Waals surface area contributed by atoms with Gasteiger partial charge in [0.25, 0.3) is 0 Å². The Morgan fingerprint density at radius 1 is 1.06 bits per heavy atom. The molecule has 1 N–H and O–H groups in total. The van der Waals surface area contributed by atoms with E-state index in [0.29, 0.717) is 19.8 Å². The fourth-order valence-corrected chi connectivity index (χ4v) is 5.20. The van der Waals surface area contributed by atoms with Gasteiger partial charge in [-0.05, 0) is 30.7 Å². The van der Waals surface area contributed by atoms with Crippen molar-refractivity contribution in [3.8, 4) is 5.75 Å². The zero-order chi connectivity index (χ0) is 22.1. The molecule has 0 radical (unpaired) electrons. The number of aliphatic hydroxyl groups is 1. The SMILES string of the molecule is COc1ccc2c(c1)c([C@H](O)CN1CCC3(CC1)OCCO3)c(C)n2Cc1ccccc1. The summed E-state index contributed by atoms with van der Waals surface area (Å²) in [6.45, 7) is 6.57. The number of ether oxygens (including phenoxy) is 3. The van der Waals surface area contributed by atoms with Gasteiger partial charge in [-0.3, -0.25) is 0 Å². The zero-order valence-electron chi connectivity index (χ0n) is 18.9. The maximum Gasteiger partial charge on any atom is 0.170 e. The van der Waals surface area contributed by atoms with E-state index in [9.17, 15) is 5.11 Å². The van der Waals surface area contributed by atoms with Crippen LogP contribution in [0.1, 0.15) is 35.8 Å². The van der Waals surface area contributed by atoms with Crippen LogP contribution in [-0.2, 0) is 16.0 Å². The molecule has 1 aromatic heterocycles. The van der Waals surface area contributed by atoms with Gasteiger partial charge in [0.2, 0.25) is 0 Å². The summed E-state index contributed by atoms with van der Waals surface area (Å²) in [5.41, 5.74) is 4.44. The van der Waals surface area contributed by atoms with Crippen molar-refractivity contribution in [2.45, 2.75) is 38.2 Å². The molecular formula is C26H32N2O4. The van der Waals surface area contributed by atoms with Crippen LogP contribution in [0.25, 0.3) is 10.9 Å². The first-order chi connectivity index (χ1) is 15.6. The molecule has 2 aromatic carbocycles. The highest BCUT2D eigenvalue weighted by Gasteiger charge is 2.40. The predicted octanol–water partition coefficient (Wildman–Crippen LogP) is 3.88. The van der Waals surface area contributed by atoms with Crippen molar-refractivity contribution >= 4 is 10.9 Å². The van der Waals surface area contributed by atoms with Crippen molar-refractivity contribution in [3.63, 3.8) is 0 Å². The van der Waals surface area contributed by atoms with E-state index in [1.807, 2.05) is 18.2 Å². The Kier molecular flexibility index (Phi) is 5.95. The van der Waals surface area contributed by atoms with Crippen LogP contribution in [0.15, 0.2) is 48.5 Å². The lowest BCUT2D eigenvalue weighted by Crippen LogP contribution is -2.46. The highest BCUT2D eigenvalue weighted by atomic mass is 16.7. The van der Waals surface area contributed by atoms with Crippen LogP contribution in [-0.4, -0.2) is 60.3 Å². The molecular weight excluding hydrogens is 404 g/mol. The molecule has 2 aliphatic rings. The van der Waals surface area contributed by atoms with Gasteiger partial charge in [0, 0.05) is 61.2 Å². The van der Waals surface area contributed by atoms with Crippen molar-refractivity contribution in [1.29, 1.82) is 0 Å². The number of methoxy groups -OCH3 is 1. The number of β-amino-alcohol motifs (C(OH)–C–C–N with tert-alkyl or cyclic N) is 1. The van der Waals surface area contributed by atoms with Crippen LogP contribution >= 0.6 is 0 Å². The third-order valence-corrected chi connectivity index (χ3v) is 6.96. The smallest absolute Gasteiger partial charge is 0.170 e. The second-order valence-electron chi connectivity index (χ2n) is 8.88. The Labute approximate surface area is 189 Å². The summed E-state index contributed by atoms with van der Waals surface area (Å²) in [5, 5.41) is 12.4. The van der Waals surface area contributed by atoms with Gasteiger partial charge in [0.15, 0.2) is 5.79 Å². The number of fused-ring (bicyclic) bond motifs is 1. The molecule has 6 heteroatoms. The molecule has 5 rings (SSSR count). The molecule has 1 spiro atoms. The van der Waals surface area contributed by atoms with E-state index in [4.69, 9.17) is 14.2 Å². The van der Waals surface area contributed by atoms with Crippen molar-refractivity contribution in [1.82, 2.24) is 9.47 Å². The van der Waals surface area contributed by atoms with E-state index in [2.05, 4.69) is 46.7 Å². The minimum absolute atomic E-state index is 0.392. The highest BCUT2D eigenvalue weighted by Crippen LogP contribution is 2.36. The topological polar surface area (TPSA) is 56.1 Å². The minimum atomic E-state index is -0.582. The molecule has 0 aliphatic carbocycles. The molecule has 1 atom stereocenters. The first-order valence-electron chi connectivity index (χ1n) is 11.5. The fourth-order valence-electron chi connectivity index (χ4n) is 5.20. The molecule has 0 amide bonds. The Morgan fingerprint density at radius 2 is 1.78 bits per heavy atom. The number of piperidine rings is 1. The average molecular weight is 437 g/mol. The van der Waals surface area contributed by atoms with Gasteiger partial charge in [-0.15, -0.1) is 0 Å². The van der Waals surface area contributed by atoms with E-state index in [0.717, 1.165) is 60.4 Å². The van der Waals surface area contributed by atoms with Crippen molar-refractivity contribution in [2.24, 2.45) is 0 Å². The molecule has 2 aliphatic heterocycles. The highest BCUT2D eigenvalue weighted by molar-refractivity contribution is 5.87. The van der Waals surface area contributed by atoms with Crippen LogP contribution in [0.2, 0.25) is 0 Å². The summed E-state index contributed by atoms with van der Waals surface area (Å²) in [6.07, 6.45) is 1.12. The Morgan fingerprint density at radius 3 is 2.47 bits per heavy atom. The third-order valence-electron chi connectivity index (χ3n) is 6.96. The third kappa shape index (κ3) is 4.04. The van der Waals surface area contributed by atoms with Gasteiger partial charge in [0.05, 0.1) is 26.4 Å². The summed E-state index contributed by atoms with van der Waals surface area (Å²) < 4.78 is 19.5. The molecule has 170 valence electrons. The van der Waals surface area contributed by atoms with Crippen LogP contribution < -0.4 is 4.74 Å². The van der Waals surface area contributed by atoms with Gasteiger partial charge in [-0.1, -0.05) is 30.3 Å². The number of hydrogen-bond acceptors (Lipinski definition) is 5. The summed E-state index contributed by atoms with van der Waals surface area (Å²) >= 11 is 0. The normalized spacial score (nSPS) is 19.6. The number of nitrogens with zero attached hydrogens (tertiary/aromatic N) is 2. The number of aliphatic hydroxyl groups excluding tert-OH is 1. The summed E-state index contributed by atoms with van der Waals surface area (Å²) in [5.74, 6) is 0.412. The van der Waals surface area contributed by atoms with Gasteiger partial charge in [0.1, 0.15) is 5.75 Å². The Balaban J connectivity index is 1.42. The van der Waals surface area contributed by atoms with Crippen molar-refractivity contribution < 1.29 is 19.3 Å². The largest absolute Gasteiger partial charge is 0.497 e. The van der Waals surface area contributed by atoms with Crippen LogP contribution in [0.4, 0.5) is 0 Å². The first kappa shape index (κ1) is 21.5.